The lowest BCUT2D eigenvalue weighted by molar-refractivity contribution is -0.122. The summed E-state index contributed by atoms with van der Waals surface area (Å²) in [5, 5.41) is 10.2. The van der Waals surface area contributed by atoms with E-state index in [0.717, 1.165) is 28.3 Å². The first kappa shape index (κ1) is 18.4. The minimum atomic E-state index is -0.311. The summed E-state index contributed by atoms with van der Waals surface area (Å²) >= 11 is 1.74. The average molecular weight is 376 g/mol. The molecule has 3 rings (SSSR count). The first-order valence-corrected chi connectivity index (χ1v) is 9.58. The smallest absolute Gasteiger partial charge is 0.242 e. The third-order valence-electron chi connectivity index (χ3n) is 4.08. The molecule has 1 aliphatic heterocycles. The van der Waals surface area contributed by atoms with E-state index < -0.39 is 0 Å². The minimum absolute atomic E-state index is 0.0204. The molecule has 0 atom stereocenters. The lowest BCUT2D eigenvalue weighted by atomic mass is 10.2. The molecule has 0 spiro atoms. The molecule has 0 bridgehead atoms. The molecule has 2 N–H and O–H groups in total. The fourth-order valence-corrected chi connectivity index (χ4v) is 3.61. The summed E-state index contributed by atoms with van der Waals surface area (Å²) in [5.74, 6) is 1.39. The van der Waals surface area contributed by atoms with Crippen molar-refractivity contribution in [2.45, 2.75) is 38.4 Å². The van der Waals surface area contributed by atoms with Crippen molar-refractivity contribution in [3.63, 3.8) is 0 Å². The Morgan fingerprint density at radius 2 is 2.00 bits per heavy atom. The number of halogens is 1. The summed E-state index contributed by atoms with van der Waals surface area (Å²) in [6, 6.07) is 5.97. The summed E-state index contributed by atoms with van der Waals surface area (Å²) in [6.07, 6.45) is 0. The quantitative estimate of drug-likeness (QED) is 0.813. The first-order valence-electron chi connectivity index (χ1n) is 8.42. The van der Waals surface area contributed by atoms with Gasteiger partial charge >= 0.3 is 0 Å². The molecule has 2 amide bonds. The zero-order valence-electron chi connectivity index (χ0n) is 14.7. The molecule has 138 valence electrons. The van der Waals surface area contributed by atoms with E-state index in [9.17, 15) is 14.0 Å². The van der Waals surface area contributed by atoms with E-state index in [2.05, 4.69) is 15.7 Å². The fraction of sp³-hybridized carbons (Fsp3) is 0.389. The van der Waals surface area contributed by atoms with Crippen molar-refractivity contribution in [3.05, 3.63) is 46.9 Å². The maximum atomic E-state index is 12.9. The van der Waals surface area contributed by atoms with E-state index in [-0.39, 0.29) is 30.1 Å². The maximum Gasteiger partial charge on any atom is 0.242 e. The number of nitrogens with one attached hydrogen (secondary N) is 2. The number of amides is 2. The third kappa shape index (κ3) is 4.24. The number of aromatic nitrogens is 2. The Kier molecular flexibility index (Phi) is 5.61. The minimum Gasteiger partial charge on any atom is -0.350 e. The number of carbonyl (C=O) groups is 2. The van der Waals surface area contributed by atoms with Gasteiger partial charge in [0.2, 0.25) is 11.8 Å². The second kappa shape index (κ2) is 7.90. The van der Waals surface area contributed by atoms with Crippen LogP contribution in [-0.4, -0.2) is 21.6 Å². The van der Waals surface area contributed by atoms with E-state index in [0.29, 0.717) is 12.4 Å². The largest absolute Gasteiger partial charge is 0.350 e. The molecule has 1 aliphatic rings. The number of rotatable bonds is 6. The molecule has 0 saturated heterocycles. The Balaban J connectivity index is 1.67. The zero-order valence-corrected chi connectivity index (χ0v) is 15.5. The third-order valence-corrected chi connectivity index (χ3v) is 5.05. The van der Waals surface area contributed by atoms with Gasteiger partial charge in [0.05, 0.1) is 5.69 Å². The Bertz CT molecular complexity index is 817. The fourth-order valence-electron chi connectivity index (χ4n) is 2.58. The number of hydrogen-bond donors (Lipinski definition) is 2. The number of carbonyl (C=O) groups excluding carboxylic acids is 2. The number of anilines is 1. The molecule has 26 heavy (non-hydrogen) atoms. The van der Waals surface area contributed by atoms with E-state index in [1.54, 1.807) is 28.6 Å². The Hall–Kier alpha value is -2.35. The highest BCUT2D eigenvalue weighted by Crippen LogP contribution is 2.34. The van der Waals surface area contributed by atoms with Crippen molar-refractivity contribution in [3.8, 4) is 0 Å². The van der Waals surface area contributed by atoms with Crippen LogP contribution in [-0.2, 0) is 34.2 Å². The molecule has 0 fully saturated rings. The van der Waals surface area contributed by atoms with Gasteiger partial charge in [-0.3, -0.25) is 9.59 Å². The average Bonchev–Trinajstić information content (AvgIpc) is 3.17. The van der Waals surface area contributed by atoms with Gasteiger partial charge in [-0.25, -0.2) is 9.07 Å². The monoisotopic (exact) mass is 376 g/mol. The predicted octanol–water partition coefficient (Wildman–Crippen LogP) is 2.68. The highest BCUT2D eigenvalue weighted by Gasteiger charge is 2.25. The lowest BCUT2D eigenvalue weighted by Crippen LogP contribution is -2.29. The number of hydrogen-bond acceptors (Lipinski definition) is 4. The molecular formula is C18H21FN4O2S. The molecule has 0 aliphatic carbocycles. The van der Waals surface area contributed by atoms with Gasteiger partial charge in [-0.15, -0.1) is 0 Å². The summed E-state index contributed by atoms with van der Waals surface area (Å²) < 4.78 is 14.5. The molecule has 8 heteroatoms. The molecule has 1 aromatic heterocycles. The standard InChI is InChI=1S/C18H21FN4O2S/c1-11(2)18(25)21-17-14-9-26-10-15(14)22-23(17)8-16(24)20-7-12-3-5-13(19)6-4-12/h3-6,11H,7-10H2,1-2H3,(H,20,24)(H,21,25). The van der Waals surface area contributed by atoms with Crippen molar-refractivity contribution in [2.24, 2.45) is 5.92 Å². The van der Waals surface area contributed by atoms with Gasteiger partial charge in [0.25, 0.3) is 0 Å². The van der Waals surface area contributed by atoms with Gasteiger partial charge in [-0.1, -0.05) is 26.0 Å². The lowest BCUT2D eigenvalue weighted by Gasteiger charge is -2.12. The van der Waals surface area contributed by atoms with Crippen LogP contribution in [0.5, 0.6) is 0 Å². The normalized spacial score (nSPS) is 12.9. The van der Waals surface area contributed by atoms with Crippen molar-refractivity contribution < 1.29 is 14.0 Å². The van der Waals surface area contributed by atoms with Gasteiger partial charge in [0.15, 0.2) is 0 Å². The van der Waals surface area contributed by atoms with Crippen LogP contribution in [0.2, 0.25) is 0 Å². The SMILES string of the molecule is CC(C)C(=O)Nc1c2c(nn1CC(=O)NCc1ccc(F)cc1)CSC2. The molecule has 1 aromatic carbocycles. The van der Waals surface area contributed by atoms with Gasteiger partial charge in [0.1, 0.15) is 18.2 Å². The van der Waals surface area contributed by atoms with Gasteiger partial charge in [-0.05, 0) is 17.7 Å². The van der Waals surface area contributed by atoms with Crippen molar-refractivity contribution in [2.75, 3.05) is 5.32 Å². The number of nitrogens with zero attached hydrogens (tertiary/aromatic N) is 2. The topological polar surface area (TPSA) is 76.0 Å². The molecule has 0 unspecified atom stereocenters. The van der Waals surface area contributed by atoms with Gasteiger partial charge in [0, 0.05) is 29.5 Å². The van der Waals surface area contributed by atoms with Gasteiger partial charge < -0.3 is 10.6 Å². The highest BCUT2D eigenvalue weighted by atomic mass is 32.2. The van der Waals surface area contributed by atoms with E-state index >= 15 is 0 Å². The Morgan fingerprint density at radius 1 is 1.27 bits per heavy atom. The van der Waals surface area contributed by atoms with Crippen LogP contribution >= 0.6 is 11.8 Å². The number of thioether (sulfide) groups is 1. The Labute approximate surface area is 155 Å². The van der Waals surface area contributed by atoms with Crippen LogP contribution in [0, 0.1) is 11.7 Å². The van der Waals surface area contributed by atoms with Crippen molar-refractivity contribution in [1.82, 2.24) is 15.1 Å². The predicted molar refractivity (Wildman–Crippen MR) is 98.9 cm³/mol. The van der Waals surface area contributed by atoms with Gasteiger partial charge in [-0.2, -0.15) is 16.9 Å². The van der Waals surface area contributed by atoms with Crippen LogP contribution in [0.1, 0.15) is 30.7 Å². The van der Waals surface area contributed by atoms with Crippen LogP contribution < -0.4 is 10.6 Å². The molecule has 0 radical (unpaired) electrons. The molecule has 2 aromatic rings. The molecule has 6 nitrogen and oxygen atoms in total. The van der Waals surface area contributed by atoms with Crippen LogP contribution in [0.25, 0.3) is 0 Å². The summed E-state index contributed by atoms with van der Waals surface area (Å²) in [7, 11) is 0. The zero-order chi connectivity index (χ0) is 18.7. The summed E-state index contributed by atoms with van der Waals surface area (Å²) in [5.41, 5.74) is 2.73. The van der Waals surface area contributed by atoms with Crippen LogP contribution in [0.15, 0.2) is 24.3 Å². The van der Waals surface area contributed by atoms with Crippen LogP contribution in [0.4, 0.5) is 10.2 Å². The second-order valence-corrected chi connectivity index (χ2v) is 7.46. The van der Waals surface area contributed by atoms with E-state index in [1.165, 1.54) is 12.1 Å². The molecule has 0 saturated carbocycles. The van der Waals surface area contributed by atoms with Crippen LogP contribution in [0.3, 0.4) is 0 Å². The first-order chi connectivity index (χ1) is 12.4. The second-order valence-electron chi connectivity index (χ2n) is 6.47. The Morgan fingerprint density at radius 3 is 2.69 bits per heavy atom. The maximum absolute atomic E-state index is 12.9. The number of benzene rings is 1. The van der Waals surface area contributed by atoms with E-state index in [1.807, 2.05) is 13.8 Å². The van der Waals surface area contributed by atoms with Crippen molar-refractivity contribution in [1.29, 1.82) is 0 Å². The van der Waals surface area contributed by atoms with E-state index in [4.69, 9.17) is 0 Å². The van der Waals surface area contributed by atoms with Crippen molar-refractivity contribution >= 4 is 29.4 Å². The molecule has 2 heterocycles. The number of fused-ring (bicyclic) bond motifs is 1. The summed E-state index contributed by atoms with van der Waals surface area (Å²) in [6.45, 7) is 3.97. The highest BCUT2D eigenvalue weighted by molar-refractivity contribution is 7.98. The summed E-state index contributed by atoms with van der Waals surface area (Å²) in [4.78, 5) is 24.4. The molecular weight excluding hydrogens is 355 g/mol.